The molecule has 2 amide bonds. The molecule has 6 rings (SSSR count). The zero-order valence-corrected chi connectivity index (χ0v) is 20.0. The first kappa shape index (κ1) is 22.1. The van der Waals surface area contributed by atoms with Gasteiger partial charge >= 0.3 is 0 Å². The third-order valence-electron chi connectivity index (χ3n) is 7.99. The molecule has 0 aromatic heterocycles. The van der Waals surface area contributed by atoms with Crippen molar-refractivity contribution in [1.29, 1.82) is 0 Å². The maximum Gasteiger partial charge on any atom is 0.261 e. The normalized spacial score (nSPS) is 26.1. The van der Waals surface area contributed by atoms with Crippen LogP contribution in [0.2, 0.25) is 0 Å². The lowest BCUT2D eigenvalue weighted by molar-refractivity contribution is -0.0559. The number of imide groups is 1. The van der Waals surface area contributed by atoms with Gasteiger partial charge in [0.2, 0.25) is 0 Å². The van der Waals surface area contributed by atoms with Gasteiger partial charge in [-0.3, -0.25) is 14.5 Å². The van der Waals surface area contributed by atoms with Gasteiger partial charge in [-0.2, -0.15) is 0 Å². The van der Waals surface area contributed by atoms with Crippen LogP contribution in [0.4, 0.5) is 0 Å². The quantitative estimate of drug-likeness (QED) is 0.562. The number of amides is 2. The van der Waals surface area contributed by atoms with Crippen LogP contribution in [0, 0.1) is 0 Å². The van der Waals surface area contributed by atoms with Crippen molar-refractivity contribution in [3.05, 3.63) is 59.2 Å². The number of oxime groups is 1. The summed E-state index contributed by atoms with van der Waals surface area (Å²) in [6.07, 6.45) is 8.44. The first-order chi connectivity index (χ1) is 17.1. The molecule has 2 heterocycles. The van der Waals surface area contributed by atoms with Crippen molar-refractivity contribution in [2.24, 2.45) is 5.16 Å². The van der Waals surface area contributed by atoms with Crippen LogP contribution < -0.4 is 9.47 Å². The Labute approximate surface area is 205 Å². The SMILES string of the molecule is COc1ccc(C2=NOC3(CCC(N4C(=O)c5ccccc5C4=O)CC3)C2)cc1OC1CCCC1. The van der Waals surface area contributed by atoms with Gasteiger partial charge in [-0.1, -0.05) is 17.3 Å². The van der Waals surface area contributed by atoms with Gasteiger partial charge in [-0.15, -0.1) is 0 Å². The van der Waals surface area contributed by atoms with Crippen LogP contribution >= 0.6 is 0 Å². The highest BCUT2D eigenvalue weighted by molar-refractivity contribution is 6.21. The van der Waals surface area contributed by atoms with Crippen molar-refractivity contribution in [2.75, 3.05) is 7.11 Å². The molecule has 2 aromatic rings. The van der Waals surface area contributed by atoms with E-state index in [1.807, 2.05) is 18.2 Å². The predicted molar refractivity (Wildman–Crippen MR) is 130 cm³/mol. The van der Waals surface area contributed by atoms with Crippen LogP contribution in [0.1, 0.15) is 84.1 Å². The maximum absolute atomic E-state index is 12.9. The van der Waals surface area contributed by atoms with E-state index in [2.05, 4.69) is 5.16 Å². The molecule has 182 valence electrons. The molecule has 0 N–H and O–H groups in total. The fourth-order valence-electron chi connectivity index (χ4n) is 6.00. The van der Waals surface area contributed by atoms with E-state index in [0.717, 1.165) is 48.5 Å². The molecular weight excluding hydrogens is 444 g/mol. The van der Waals surface area contributed by atoms with Crippen LogP contribution in [-0.2, 0) is 4.84 Å². The molecular formula is C28H30N2O5. The van der Waals surface area contributed by atoms with Crippen molar-refractivity contribution < 1.29 is 23.9 Å². The minimum absolute atomic E-state index is 0.104. The smallest absolute Gasteiger partial charge is 0.261 e. The van der Waals surface area contributed by atoms with E-state index in [1.165, 1.54) is 17.7 Å². The topological polar surface area (TPSA) is 77.4 Å². The number of carbonyl (C=O) groups excluding carboxylic acids is 2. The Morgan fingerprint density at radius 2 is 1.63 bits per heavy atom. The third-order valence-corrected chi connectivity index (χ3v) is 7.99. The zero-order chi connectivity index (χ0) is 24.0. The van der Waals surface area contributed by atoms with E-state index in [9.17, 15) is 9.59 Å². The number of carbonyl (C=O) groups is 2. The second kappa shape index (κ2) is 8.70. The second-order valence-corrected chi connectivity index (χ2v) is 10.1. The Kier molecular flexibility index (Phi) is 5.50. The molecule has 0 radical (unpaired) electrons. The molecule has 2 fully saturated rings. The molecule has 1 spiro atoms. The Morgan fingerprint density at radius 1 is 0.943 bits per heavy atom. The van der Waals surface area contributed by atoms with E-state index >= 15 is 0 Å². The summed E-state index contributed by atoms with van der Waals surface area (Å²) in [6, 6.07) is 12.9. The minimum atomic E-state index is -0.378. The summed E-state index contributed by atoms with van der Waals surface area (Å²) in [5.41, 5.74) is 2.53. The van der Waals surface area contributed by atoms with Crippen LogP contribution in [-0.4, -0.2) is 47.3 Å². The van der Waals surface area contributed by atoms with Gasteiger partial charge < -0.3 is 14.3 Å². The Bertz CT molecular complexity index is 1160. The van der Waals surface area contributed by atoms with Crippen LogP contribution in [0.5, 0.6) is 11.5 Å². The van der Waals surface area contributed by atoms with Crippen molar-refractivity contribution in [3.63, 3.8) is 0 Å². The van der Waals surface area contributed by atoms with Crippen LogP contribution in [0.3, 0.4) is 0 Å². The lowest BCUT2D eigenvalue weighted by Gasteiger charge is -2.37. The van der Waals surface area contributed by atoms with Gasteiger partial charge in [0.25, 0.3) is 11.8 Å². The largest absolute Gasteiger partial charge is 0.493 e. The lowest BCUT2D eigenvalue weighted by Crippen LogP contribution is -2.46. The molecule has 0 unspecified atom stereocenters. The molecule has 2 aromatic carbocycles. The number of methoxy groups -OCH3 is 1. The van der Waals surface area contributed by atoms with Gasteiger partial charge in [0, 0.05) is 18.0 Å². The summed E-state index contributed by atoms with van der Waals surface area (Å²) in [4.78, 5) is 33.3. The fraction of sp³-hybridized carbons (Fsp3) is 0.464. The summed E-state index contributed by atoms with van der Waals surface area (Å²) >= 11 is 0. The molecule has 2 aliphatic heterocycles. The average molecular weight is 475 g/mol. The van der Waals surface area contributed by atoms with E-state index < -0.39 is 0 Å². The van der Waals surface area contributed by atoms with Crippen molar-refractivity contribution in [1.82, 2.24) is 4.90 Å². The Morgan fingerprint density at radius 3 is 2.29 bits per heavy atom. The first-order valence-corrected chi connectivity index (χ1v) is 12.6. The van der Waals surface area contributed by atoms with Crippen LogP contribution in [0.25, 0.3) is 0 Å². The van der Waals surface area contributed by atoms with E-state index in [-0.39, 0.29) is 29.6 Å². The number of hydrogen-bond donors (Lipinski definition) is 0. The fourth-order valence-corrected chi connectivity index (χ4v) is 6.00. The van der Waals surface area contributed by atoms with Gasteiger partial charge in [-0.05, 0) is 81.7 Å². The van der Waals surface area contributed by atoms with E-state index in [1.54, 1.807) is 31.4 Å². The molecule has 2 aliphatic carbocycles. The number of fused-ring (bicyclic) bond motifs is 1. The average Bonchev–Trinajstić information content (AvgIpc) is 3.61. The van der Waals surface area contributed by atoms with Gasteiger partial charge in [0.15, 0.2) is 11.5 Å². The monoisotopic (exact) mass is 474 g/mol. The molecule has 4 aliphatic rings. The molecule has 2 saturated carbocycles. The molecule has 0 saturated heterocycles. The summed E-state index contributed by atoms with van der Waals surface area (Å²) in [5, 5.41) is 4.47. The summed E-state index contributed by atoms with van der Waals surface area (Å²) < 4.78 is 11.8. The summed E-state index contributed by atoms with van der Waals surface area (Å²) in [5.74, 6) is 1.14. The first-order valence-electron chi connectivity index (χ1n) is 12.6. The summed E-state index contributed by atoms with van der Waals surface area (Å²) in [7, 11) is 1.66. The van der Waals surface area contributed by atoms with Crippen molar-refractivity contribution >= 4 is 17.5 Å². The number of rotatable bonds is 5. The molecule has 7 nitrogen and oxygen atoms in total. The number of hydrogen-bond acceptors (Lipinski definition) is 6. The van der Waals surface area contributed by atoms with Crippen molar-refractivity contribution in [3.8, 4) is 11.5 Å². The van der Waals surface area contributed by atoms with Crippen LogP contribution in [0.15, 0.2) is 47.6 Å². The highest BCUT2D eigenvalue weighted by atomic mass is 16.7. The highest BCUT2D eigenvalue weighted by Gasteiger charge is 2.47. The van der Waals surface area contributed by atoms with Crippen molar-refractivity contribution in [2.45, 2.75) is 75.5 Å². The second-order valence-electron chi connectivity index (χ2n) is 10.1. The number of ether oxygens (including phenoxy) is 2. The zero-order valence-electron chi connectivity index (χ0n) is 20.0. The Balaban J connectivity index is 1.13. The molecule has 0 atom stereocenters. The molecule has 7 heteroatoms. The molecule has 0 bridgehead atoms. The Hall–Kier alpha value is -3.35. The van der Waals surface area contributed by atoms with E-state index in [0.29, 0.717) is 30.4 Å². The highest BCUT2D eigenvalue weighted by Crippen LogP contribution is 2.43. The standard InChI is InChI=1S/C28H30N2O5/c1-33-24-11-10-18(16-25(24)34-20-6-2-3-7-20)23-17-28(35-29-23)14-12-19(13-15-28)30-26(31)21-8-4-5-9-22(21)27(30)32/h4-5,8-11,16,19-20H,2-3,6-7,12-15,17H2,1H3. The third kappa shape index (κ3) is 3.87. The van der Waals surface area contributed by atoms with Gasteiger partial charge in [-0.25, -0.2) is 0 Å². The number of nitrogens with zero attached hydrogens (tertiary/aromatic N) is 2. The maximum atomic E-state index is 12.9. The minimum Gasteiger partial charge on any atom is -0.493 e. The number of benzene rings is 2. The molecule has 35 heavy (non-hydrogen) atoms. The van der Waals surface area contributed by atoms with Gasteiger partial charge in [0.05, 0.1) is 30.1 Å². The van der Waals surface area contributed by atoms with Gasteiger partial charge in [0.1, 0.15) is 5.60 Å². The predicted octanol–water partition coefficient (Wildman–Crippen LogP) is 5.12. The van der Waals surface area contributed by atoms with E-state index in [4.69, 9.17) is 14.3 Å². The lowest BCUT2D eigenvalue weighted by atomic mass is 9.78. The summed E-state index contributed by atoms with van der Waals surface area (Å²) in [6.45, 7) is 0.